The summed E-state index contributed by atoms with van der Waals surface area (Å²) in [4.78, 5) is 0. The molecule has 1 aromatic heterocycles. The fourth-order valence-electron chi connectivity index (χ4n) is 1.91. The lowest BCUT2D eigenvalue weighted by atomic mass is 9.77. The molecule has 4 heteroatoms. The predicted molar refractivity (Wildman–Crippen MR) is 85.8 cm³/mol. The minimum absolute atomic E-state index is 0.245. The van der Waals surface area contributed by atoms with Crippen molar-refractivity contribution >= 4 is 31.9 Å². The van der Waals surface area contributed by atoms with E-state index in [1.807, 2.05) is 0 Å². The van der Waals surface area contributed by atoms with E-state index in [9.17, 15) is 0 Å². The Bertz CT molecular complexity index is 356. The van der Waals surface area contributed by atoms with Crippen LogP contribution in [-0.4, -0.2) is 20.4 Å². The van der Waals surface area contributed by atoms with Gasteiger partial charge in [-0.1, -0.05) is 52.6 Å². The second-order valence-electron chi connectivity index (χ2n) is 5.51. The summed E-state index contributed by atoms with van der Waals surface area (Å²) < 4.78 is 2.09. The fourth-order valence-corrected chi connectivity index (χ4v) is 4.53. The van der Waals surface area contributed by atoms with Gasteiger partial charge in [-0.2, -0.15) is 5.10 Å². The van der Waals surface area contributed by atoms with Gasteiger partial charge >= 0.3 is 0 Å². The van der Waals surface area contributed by atoms with Gasteiger partial charge in [0, 0.05) is 22.9 Å². The lowest BCUT2D eigenvalue weighted by Crippen LogP contribution is -2.33. The molecule has 1 heterocycles. The summed E-state index contributed by atoms with van der Waals surface area (Å²) in [6.45, 7) is 8.98. The molecule has 0 N–H and O–H groups in total. The lowest BCUT2D eigenvalue weighted by molar-refractivity contribution is 0.264. The number of hydrogen-bond acceptors (Lipinski definition) is 1. The summed E-state index contributed by atoms with van der Waals surface area (Å²) in [7, 11) is 0. The first-order valence-corrected chi connectivity index (χ1v) is 8.89. The molecule has 0 fully saturated rings. The Morgan fingerprint density at radius 2 is 1.89 bits per heavy atom. The molecule has 18 heavy (non-hydrogen) atoms. The Kier molecular flexibility index (Phi) is 6.39. The van der Waals surface area contributed by atoms with Gasteiger partial charge in [-0.15, -0.1) is 0 Å². The number of alkyl halides is 2. The van der Waals surface area contributed by atoms with Crippen molar-refractivity contribution in [2.24, 2.45) is 11.3 Å². The molecule has 0 saturated heterocycles. The van der Waals surface area contributed by atoms with Crippen molar-refractivity contribution in [3.05, 3.63) is 18.0 Å². The van der Waals surface area contributed by atoms with Crippen LogP contribution in [0, 0.1) is 11.3 Å². The summed E-state index contributed by atoms with van der Waals surface area (Å²) in [5.74, 6) is 0.616. The first-order valence-electron chi connectivity index (χ1n) is 6.65. The Hall–Kier alpha value is 0.170. The molecule has 104 valence electrons. The van der Waals surface area contributed by atoms with Crippen LogP contribution in [0.1, 0.15) is 45.9 Å². The minimum atomic E-state index is 0.245. The molecular weight excluding hydrogens is 356 g/mol. The second-order valence-corrected chi connectivity index (χ2v) is 6.63. The van der Waals surface area contributed by atoms with Gasteiger partial charge in [-0.25, -0.2) is 0 Å². The Balaban J connectivity index is 2.85. The molecule has 0 aliphatic carbocycles. The molecular formula is C14H24Br2N2. The van der Waals surface area contributed by atoms with E-state index in [2.05, 4.69) is 76.5 Å². The van der Waals surface area contributed by atoms with E-state index in [0.29, 0.717) is 12.0 Å². The highest BCUT2D eigenvalue weighted by atomic mass is 79.9. The molecule has 0 amide bonds. The van der Waals surface area contributed by atoms with E-state index >= 15 is 0 Å². The van der Waals surface area contributed by atoms with Crippen molar-refractivity contribution in [3.63, 3.8) is 0 Å². The zero-order valence-corrected chi connectivity index (χ0v) is 15.0. The Morgan fingerprint density at radius 1 is 1.28 bits per heavy atom. The van der Waals surface area contributed by atoms with E-state index in [1.165, 1.54) is 5.69 Å². The van der Waals surface area contributed by atoms with Gasteiger partial charge in [-0.05, 0) is 37.2 Å². The fraction of sp³-hybridized carbons (Fsp3) is 0.786. The molecule has 0 aromatic carbocycles. The molecule has 1 aromatic rings. The first-order chi connectivity index (χ1) is 8.49. The van der Waals surface area contributed by atoms with Crippen LogP contribution < -0.4 is 0 Å². The highest BCUT2D eigenvalue weighted by molar-refractivity contribution is 9.09. The quantitative estimate of drug-likeness (QED) is 0.620. The standard InChI is InChI=1S/C14H24Br2N2/c1-5-12(4)18-7-6-13(17-18)8-14(9-15,10-16)11(2)3/h6-7,11-12H,5,8-10H2,1-4H3. The molecule has 0 aliphatic rings. The van der Waals surface area contributed by atoms with Gasteiger partial charge in [0.1, 0.15) is 0 Å². The number of aromatic nitrogens is 2. The molecule has 0 radical (unpaired) electrons. The number of nitrogens with zero attached hydrogens (tertiary/aromatic N) is 2. The van der Waals surface area contributed by atoms with Gasteiger partial charge in [0.25, 0.3) is 0 Å². The van der Waals surface area contributed by atoms with E-state index in [1.54, 1.807) is 0 Å². The predicted octanol–water partition coefficient (Wildman–Crippen LogP) is 4.83. The lowest BCUT2D eigenvalue weighted by Gasteiger charge is -2.33. The highest BCUT2D eigenvalue weighted by Crippen LogP contribution is 2.35. The number of rotatable bonds is 7. The molecule has 1 rings (SSSR count). The van der Waals surface area contributed by atoms with Gasteiger partial charge < -0.3 is 0 Å². The molecule has 2 nitrogen and oxygen atoms in total. The Morgan fingerprint density at radius 3 is 2.33 bits per heavy atom. The van der Waals surface area contributed by atoms with Crippen LogP contribution >= 0.6 is 31.9 Å². The largest absolute Gasteiger partial charge is 0.270 e. The van der Waals surface area contributed by atoms with Crippen molar-refractivity contribution in [1.29, 1.82) is 0 Å². The van der Waals surface area contributed by atoms with Crippen LogP contribution in [0.4, 0.5) is 0 Å². The summed E-state index contributed by atoms with van der Waals surface area (Å²) in [6.07, 6.45) is 4.25. The zero-order valence-electron chi connectivity index (χ0n) is 11.8. The minimum Gasteiger partial charge on any atom is -0.270 e. The third-order valence-corrected chi connectivity index (χ3v) is 6.23. The molecule has 0 spiro atoms. The topological polar surface area (TPSA) is 17.8 Å². The van der Waals surface area contributed by atoms with E-state index in [0.717, 1.165) is 23.5 Å². The first kappa shape index (κ1) is 16.2. The van der Waals surface area contributed by atoms with Crippen molar-refractivity contribution in [3.8, 4) is 0 Å². The van der Waals surface area contributed by atoms with Crippen LogP contribution in [0.2, 0.25) is 0 Å². The van der Waals surface area contributed by atoms with Crippen molar-refractivity contribution in [2.45, 2.75) is 46.6 Å². The van der Waals surface area contributed by atoms with Gasteiger partial charge in [0.2, 0.25) is 0 Å². The molecule has 1 atom stereocenters. The van der Waals surface area contributed by atoms with Crippen molar-refractivity contribution < 1.29 is 0 Å². The van der Waals surface area contributed by atoms with Gasteiger partial charge in [0.05, 0.1) is 5.69 Å². The molecule has 0 bridgehead atoms. The average molecular weight is 380 g/mol. The van der Waals surface area contributed by atoms with E-state index in [-0.39, 0.29) is 5.41 Å². The van der Waals surface area contributed by atoms with Crippen molar-refractivity contribution in [2.75, 3.05) is 10.7 Å². The maximum absolute atomic E-state index is 4.72. The molecule has 1 unspecified atom stereocenters. The summed E-state index contributed by atoms with van der Waals surface area (Å²) >= 11 is 7.35. The smallest absolute Gasteiger partial charge is 0.0630 e. The van der Waals surface area contributed by atoms with Gasteiger partial charge in [0.15, 0.2) is 0 Å². The summed E-state index contributed by atoms with van der Waals surface area (Å²) in [6, 6.07) is 2.65. The van der Waals surface area contributed by atoms with E-state index < -0.39 is 0 Å². The van der Waals surface area contributed by atoms with Crippen LogP contribution in [0.5, 0.6) is 0 Å². The Labute approximate surface area is 128 Å². The van der Waals surface area contributed by atoms with Crippen LogP contribution in [0.25, 0.3) is 0 Å². The van der Waals surface area contributed by atoms with Crippen LogP contribution in [-0.2, 0) is 6.42 Å². The SMILES string of the molecule is CCC(C)n1ccc(CC(CBr)(CBr)C(C)C)n1. The van der Waals surface area contributed by atoms with E-state index in [4.69, 9.17) is 5.10 Å². The van der Waals surface area contributed by atoms with Gasteiger partial charge in [-0.3, -0.25) is 4.68 Å². The maximum Gasteiger partial charge on any atom is 0.0630 e. The second kappa shape index (κ2) is 7.09. The third-order valence-electron chi connectivity index (χ3n) is 4.00. The average Bonchev–Trinajstić information content (AvgIpc) is 2.83. The molecule has 0 aliphatic heterocycles. The zero-order chi connectivity index (χ0) is 13.8. The monoisotopic (exact) mass is 378 g/mol. The number of hydrogen-bond donors (Lipinski definition) is 0. The normalized spacial score (nSPS) is 14.2. The summed E-state index contributed by atoms with van der Waals surface area (Å²) in [5.41, 5.74) is 1.44. The number of halogens is 2. The van der Waals surface area contributed by atoms with Crippen LogP contribution in [0.15, 0.2) is 12.3 Å². The third kappa shape index (κ3) is 3.60. The molecule has 0 saturated carbocycles. The maximum atomic E-state index is 4.72. The van der Waals surface area contributed by atoms with Crippen molar-refractivity contribution in [1.82, 2.24) is 9.78 Å². The van der Waals surface area contributed by atoms with Crippen LogP contribution in [0.3, 0.4) is 0 Å². The summed E-state index contributed by atoms with van der Waals surface area (Å²) in [5, 5.41) is 6.72. The highest BCUT2D eigenvalue weighted by Gasteiger charge is 2.32.